The van der Waals surface area contributed by atoms with Gasteiger partial charge in [-0.1, -0.05) is 60.7 Å². The van der Waals surface area contributed by atoms with Gasteiger partial charge in [0, 0.05) is 32.2 Å². The van der Waals surface area contributed by atoms with Gasteiger partial charge in [-0.3, -0.25) is 4.79 Å². The number of rotatable bonds is 8. The molecule has 3 rings (SSSR count). The van der Waals surface area contributed by atoms with Crippen molar-refractivity contribution in [1.82, 2.24) is 5.32 Å². The van der Waals surface area contributed by atoms with Crippen molar-refractivity contribution in [3.63, 3.8) is 0 Å². The van der Waals surface area contributed by atoms with Crippen molar-refractivity contribution in [1.29, 1.82) is 0 Å². The molecule has 0 fully saturated rings. The minimum absolute atomic E-state index is 0.157. The Morgan fingerprint density at radius 2 is 1.43 bits per heavy atom. The van der Waals surface area contributed by atoms with Crippen molar-refractivity contribution in [2.24, 2.45) is 0 Å². The fourth-order valence-electron chi connectivity index (χ4n) is 3.05. The molecule has 30 heavy (non-hydrogen) atoms. The molecule has 154 valence electrons. The Balaban J connectivity index is 1.50. The van der Waals surface area contributed by atoms with E-state index in [0.29, 0.717) is 5.69 Å². The molecule has 0 saturated carbocycles. The smallest absolute Gasteiger partial charge is 0.319 e. The molecule has 3 amide bonds. The van der Waals surface area contributed by atoms with Crippen molar-refractivity contribution < 1.29 is 9.59 Å². The first-order valence-electron chi connectivity index (χ1n) is 9.85. The summed E-state index contributed by atoms with van der Waals surface area (Å²) in [4.78, 5) is 26.4. The number of nitrogens with one attached hydrogen (secondary N) is 3. The topological polar surface area (TPSA) is 73.5 Å². The summed E-state index contributed by atoms with van der Waals surface area (Å²) in [6, 6.07) is 26.7. The maximum absolute atomic E-state index is 12.4. The molecule has 0 saturated heterocycles. The Hall–Kier alpha value is -3.80. The summed E-state index contributed by atoms with van der Waals surface area (Å²) in [5.74, 6) is -0.157. The molecule has 0 aromatic heterocycles. The van der Waals surface area contributed by atoms with Crippen molar-refractivity contribution in [3.8, 4) is 0 Å². The van der Waals surface area contributed by atoms with Gasteiger partial charge < -0.3 is 20.9 Å². The highest BCUT2D eigenvalue weighted by Crippen LogP contribution is 2.26. The SMILES string of the molecule is CN(Cc1ccccc1)c1ccccc1NC(=O)CCNC(=O)Nc1ccccc1. The van der Waals surface area contributed by atoms with Crippen LogP contribution < -0.4 is 20.9 Å². The third-order valence-electron chi connectivity index (χ3n) is 4.52. The Morgan fingerprint density at radius 3 is 2.17 bits per heavy atom. The van der Waals surface area contributed by atoms with Crippen LogP contribution in [0.3, 0.4) is 0 Å². The summed E-state index contributed by atoms with van der Waals surface area (Å²) in [5.41, 5.74) is 3.57. The lowest BCUT2D eigenvalue weighted by Crippen LogP contribution is -2.31. The summed E-state index contributed by atoms with van der Waals surface area (Å²) in [6.07, 6.45) is 0.180. The molecule has 6 nitrogen and oxygen atoms in total. The second kappa shape index (κ2) is 10.7. The Labute approximate surface area is 176 Å². The van der Waals surface area contributed by atoms with E-state index in [-0.39, 0.29) is 24.9 Å². The first kappa shape index (κ1) is 20.9. The van der Waals surface area contributed by atoms with Gasteiger partial charge in [0.2, 0.25) is 5.91 Å². The van der Waals surface area contributed by atoms with Crippen LogP contribution in [0.4, 0.5) is 21.9 Å². The lowest BCUT2D eigenvalue weighted by molar-refractivity contribution is -0.116. The number of hydrogen-bond acceptors (Lipinski definition) is 3. The molecule has 0 spiro atoms. The summed E-state index contributed by atoms with van der Waals surface area (Å²) < 4.78 is 0. The molecular formula is C24H26N4O2. The van der Waals surface area contributed by atoms with E-state index in [1.807, 2.05) is 67.7 Å². The zero-order chi connectivity index (χ0) is 21.2. The minimum atomic E-state index is -0.336. The Morgan fingerprint density at radius 1 is 0.800 bits per heavy atom. The van der Waals surface area contributed by atoms with E-state index in [2.05, 4.69) is 33.0 Å². The van der Waals surface area contributed by atoms with Gasteiger partial charge >= 0.3 is 6.03 Å². The fraction of sp³-hybridized carbons (Fsp3) is 0.167. The van der Waals surface area contributed by atoms with Gasteiger partial charge in [0.05, 0.1) is 11.4 Å². The largest absolute Gasteiger partial charge is 0.369 e. The molecule has 0 aliphatic carbocycles. The van der Waals surface area contributed by atoms with Crippen LogP contribution in [0.5, 0.6) is 0 Å². The van der Waals surface area contributed by atoms with Gasteiger partial charge in [-0.25, -0.2) is 4.79 Å². The first-order chi connectivity index (χ1) is 14.6. The molecule has 0 heterocycles. The van der Waals surface area contributed by atoms with Crippen LogP contribution in [0, 0.1) is 0 Å². The molecule has 0 radical (unpaired) electrons. The predicted molar refractivity (Wildman–Crippen MR) is 122 cm³/mol. The van der Waals surface area contributed by atoms with E-state index in [1.165, 1.54) is 5.56 Å². The van der Waals surface area contributed by atoms with E-state index in [0.717, 1.165) is 17.9 Å². The zero-order valence-electron chi connectivity index (χ0n) is 17.0. The molecule has 0 aliphatic rings. The third kappa shape index (κ3) is 6.38. The highest BCUT2D eigenvalue weighted by molar-refractivity contribution is 5.95. The lowest BCUT2D eigenvalue weighted by atomic mass is 10.2. The number of nitrogens with zero attached hydrogens (tertiary/aromatic N) is 1. The average molecular weight is 402 g/mol. The van der Waals surface area contributed by atoms with Crippen molar-refractivity contribution in [3.05, 3.63) is 90.5 Å². The fourth-order valence-corrected chi connectivity index (χ4v) is 3.05. The highest BCUT2D eigenvalue weighted by Gasteiger charge is 2.11. The van der Waals surface area contributed by atoms with Crippen molar-refractivity contribution in [2.45, 2.75) is 13.0 Å². The van der Waals surface area contributed by atoms with Gasteiger partial charge in [0.1, 0.15) is 0 Å². The van der Waals surface area contributed by atoms with Crippen LogP contribution in [-0.4, -0.2) is 25.5 Å². The van der Waals surface area contributed by atoms with E-state index in [4.69, 9.17) is 0 Å². The maximum atomic E-state index is 12.4. The minimum Gasteiger partial charge on any atom is -0.369 e. The number of benzene rings is 3. The molecule has 0 atom stereocenters. The summed E-state index contributed by atoms with van der Waals surface area (Å²) in [5, 5.41) is 8.37. The van der Waals surface area contributed by atoms with Gasteiger partial charge in [-0.15, -0.1) is 0 Å². The molecule has 6 heteroatoms. The lowest BCUT2D eigenvalue weighted by Gasteiger charge is -2.23. The number of anilines is 3. The van der Waals surface area contributed by atoms with Crippen LogP contribution in [0.15, 0.2) is 84.9 Å². The standard InChI is InChI=1S/C24H26N4O2/c1-28(18-19-10-4-2-5-11-19)22-15-9-8-14-21(22)27-23(29)16-17-25-24(30)26-20-12-6-3-7-13-20/h2-15H,16-18H2,1H3,(H,27,29)(H2,25,26,30). The average Bonchev–Trinajstić information content (AvgIpc) is 2.75. The maximum Gasteiger partial charge on any atom is 0.319 e. The van der Waals surface area contributed by atoms with Crippen LogP contribution in [0.2, 0.25) is 0 Å². The van der Waals surface area contributed by atoms with Crippen molar-refractivity contribution in [2.75, 3.05) is 29.1 Å². The zero-order valence-corrected chi connectivity index (χ0v) is 17.0. The number of carbonyl (C=O) groups excluding carboxylic acids is 2. The van der Waals surface area contributed by atoms with E-state index < -0.39 is 0 Å². The van der Waals surface area contributed by atoms with Gasteiger partial charge in [0.25, 0.3) is 0 Å². The van der Waals surface area contributed by atoms with Gasteiger partial charge in [0.15, 0.2) is 0 Å². The van der Waals surface area contributed by atoms with Gasteiger partial charge in [-0.2, -0.15) is 0 Å². The third-order valence-corrected chi connectivity index (χ3v) is 4.52. The molecule has 0 bridgehead atoms. The Bertz CT molecular complexity index is 961. The predicted octanol–water partition coefficient (Wildman–Crippen LogP) is 4.47. The van der Waals surface area contributed by atoms with E-state index >= 15 is 0 Å². The molecule has 3 N–H and O–H groups in total. The number of hydrogen-bond donors (Lipinski definition) is 3. The first-order valence-corrected chi connectivity index (χ1v) is 9.85. The number of amides is 3. The second-order valence-corrected chi connectivity index (χ2v) is 6.90. The second-order valence-electron chi connectivity index (χ2n) is 6.90. The highest BCUT2D eigenvalue weighted by atomic mass is 16.2. The number of carbonyl (C=O) groups is 2. The molecular weight excluding hydrogens is 376 g/mol. The Kier molecular flexibility index (Phi) is 7.44. The molecule has 0 aliphatic heterocycles. The summed E-state index contributed by atoms with van der Waals surface area (Å²) in [7, 11) is 1.99. The monoisotopic (exact) mass is 402 g/mol. The molecule has 3 aromatic rings. The number of urea groups is 1. The normalized spacial score (nSPS) is 10.2. The number of para-hydroxylation sites is 3. The van der Waals surface area contributed by atoms with E-state index in [9.17, 15) is 9.59 Å². The molecule has 0 unspecified atom stereocenters. The van der Waals surface area contributed by atoms with Crippen molar-refractivity contribution >= 4 is 29.0 Å². The molecule has 3 aromatic carbocycles. The van der Waals surface area contributed by atoms with E-state index in [1.54, 1.807) is 12.1 Å². The van der Waals surface area contributed by atoms with Crippen LogP contribution in [0.1, 0.15) is 12.0 Å². The summed E-state index contributed by atoms with van der Waals surface area (Å²) >= 11 is 0. The quantitative estimate of drug-likeness (QED) is 0.520. The van der Waals surface area contributed by atoms with Crippen LogP contribution in [0.25, 0.3) is 0 Å². The van der Waals surface area contributed by atoms with Crippen LogP contribution in [-0.2, 0) is 11.3 Å². The summed E-state index contributed by atoms with van der Waals surface area (Å²) in [6.45, 7) is 0.974. The van der Waals surface area contributed by atoms with Gasteiger partial charge in [-0.05, 0) is 29.8 Å². The van der Waals surface area contributed by atoms with Crippen LogP contribution >= 0.6 is 0 Å².